The summed E-state index contributed by atoms with van der Waals surface area (Å²) in [7, 11) is 0. The molecule has 0 aliphatic carbocycles. The Labute approximate surface area is 218 Å². The average molecular weight is 493 g/mol. The smallest absolute Gasteiger partial charge is 0.404 e. The van der Waals surface area contributed by atoms with Crippen LogP contribution < -0.4 is 18.6 Å². The Kier molecular flexibility index (Phi) is 3.64. The van der Waals surface area contributed by atoms with Crippen molar-refractivity contribution in [2.45, 2.75) is 5.79 Å². The van der Waals surface area contributed by atoms with Gasteiger partial charge in [-0.2, -0.15) is 5.10 Å². The van der Waals surface area contributed by atoms with Gasteiger partial charge in [0.05, 0.1) is 17.8 Å². The summed E-state index contributed by atoms with van der Waals surface area (Å²) in [5, 5.41) is 5.29. The first-order valence-electron chi connectivity index (χ1n) is 12.6. The van der Waals surface area contributed by atoms with Crippen LogP contribution in [-0.4, -0.2) is 9.78 Å². The number of fused-ring (bicyclic) bond motifs is 3. The number of nitrogens with zero attached hydrogens (tertiary/aromatic N) is 4. The number of hydrogen-bond donors (Lipinski definition) is 0. The van der Waals surface area contributed by atoms with Crippen LogP contribution in [0, 0.1) is 0 Å². The largest absolute Gasteiger partial charge is 0.509 e. The maximum Gasteiger partial charge on any atom is 0.509 e. The minimum absolute atomic E-state index is 0.740. The summed E-state index contributed by atoms with van der Waals surface area (Å²) in [6.45, 7) is 0. The second kappa shape index (κ2) is 6.95. The van der Waals surface area contributed by atoms with Crippen LogP contribution in [0.5, 0.6) is 23.3 Å². The molecule has 1 unspecified atom stereocenters. The van der Waals surface area contributed by atoms with Gasteiger partial charge in [-0.05, 0) is 41.5 Å². The number of aromatic nitrogens is 4. The summed E-state index contributed by atoms with van der Waals surface area (Å²) in [6, 6.07) is 39.4. The van der Waals surface area contributed by atoms with Crippen LogP contribution in [0.2, 0.25) is 0 Å². The van der Waals surface area contributed by atoms with Gasteiger partial charge in [0.25, 0.3) is 0 Å². The van der Waals surface area contributed by atoms with E-state index in [4.69, 9.17) is 14.6 Å². The Morgan fingerprint density at radius 2 is 1.32 bits per heavy atom. The fraction of sp³-hybridized carbons (Fsp3) is 0.0312. The van der Waals surface area contributed by atoms with E-state index < -0.39 is 5.79 Å². The molecule has 0 amide bonds. The maximum absolute atomic E-state index is 6.42. The lowest BCUT2D eigenvalue weighted by Crippen LogP contribution is -2.78. The van der Waals surface area contributed by atoms with E-state index >= 15 is 0 Å². The third-order valence-electron chi connectivity index (χ3n) is 7.73. The van der Waals surface area contributed by atoms with Crippen LogP contribution in [0.4, 0.5) is 0 Å². The van der Waals surface area contributed by atoms with Gasteiger partial charge in [-0.25, -0.2) is 0 Å². The van der Waals surface area contributed by atoms with Crippen molar-refractivity contribution in [3.05, 3.63) is 127 Å². The average Bonchev–Trinajstić information content (AvgIpc) is 3.53. The first-order valence-corrected chi connectivity index (χ1v) is 12.6. The topological polar surface area (TPSA) is 44.0 Å². The number of benzene rings is 3. The lowest BCUT2D eigenvalue weighted by molar-refractivity contribution is -0.985. The van der Waals surface area contributed by atoms with Crippen LogP contribution >= 0.6 is 0 Å². The van der Waals surface area contributed by atoms with Crippen molar-refractivity contribution >= 4 is 0 Å². The van der Waals surface area contributed by atoms with E-state index in [1.165, 1.54) is 11.1 Å². The van der Waals surface area contributed by atoms with E-state index in [1.807, 2.05) is 54.6 Å². The van der Waals surface area contributed by atoms with Gasteiger partial charge in [0, 0.05) is 17.7 Å². The molecule has 0 radical (unpaired) electrons. The van der Waals surface area contributed by atoms with Crippen LogP contribution in [0.3, 0.4) is 0 Å². The lowest BCUT2D eigenvalue weighted by atomic mass is 10.0. The van der Waals surface area contributed by atoms with E-state index in [2.05, 4.69) is 80.7 Å². The molecule has 1 atom stereocenters. The summed E-state index contributed by atoms with van der Waals surface area (Å²) >= 11 is 0. The zero-order valence-electron chi connectivity index (χ0n) is 20.2. The van der Waals surface area contributed by atoms with Gasteiger partial charge in [-0.3, -0.25) is 0 Å². The Balaban J connectivity index is 1.31. The fourth-order valence-electron chi connectivity index (χ4n) is 6.14. The zero-order chi connectivity index (χ0) is 24.8. The predicted molar refractivity (Wildman–Crippen MR) is 140 cm³/mol. The van der Waals surface area contributed by atoms with Crippen LogP contribution in [-0.2, 0) is 5.79 Å². The fourth-order valence-corrected chi connectivity index (χ4v) is 6.14. The highest BCUT2D eigenvalue weighted by Crippen LogP contribution is 2.51. The molecule has 0 N–H and O–H groups in total. The van der Waals surface area contributed by atoms with Crippen molar-refractivity contribution < 1.29 is 18.6 Å². The van der Waals surface area contributed by atoms with Crippen molar-refractivity contribution in [2.75, 3.05) is 0 Å². The van der Waals surface area contributed by atoms with Gasteiger partial charge in [0.2, 0.25) is 11.3 Å². The molecule has 0 bridgehead atoms. The predicted octanol–water partition coefficient (Wildman–Crippen LogP) is 5.74. The molecule has 9 rings (SSSR count). The molecule has 3 aliphatic rings. The van der Waals surface area contributed by atoms with Gasteiger partial charge >= 0.3 is 17.5 Å². The summed E-state index contributed by atoms with van der Waals surface area (Å²) in [5.74, 6) is 2.19. The molecule has 0 fully saturated rings. The standard InChI is InChI=1S/C32H20N4O2/c1-2-8-21(9-3-1)22-15-17-23(18-16-22)24-20-26-25-10-6-14-30-35(25)32(36(26)33-24)31-27(11-7-12-28(31)38-30)37-29-13-4-5-19-34(29)32/h1-20H/q+2. The zero-order valence-corrected chi connectivity index (χ0v) is 20.2. The normalized spacial score (nSPS) is 16.9. The van der Waals surface area contributed by atoms with Gasteiger partial charge in [-0.15, -0.1) is 4.68 Å². The first-order chi connectivity index (χ1) is 18.8. The molecule has 178 valence electrons. The SMILES string of the molecule is c1ccc(-c2ccc(-c3cc4n(n3)C35c6c(cccc6Oc6cccc-4[n+]63)Oc3cccc[n+]35)cc2)cc1. The monoisotopic (exact) mass is 492 g/mol. The van der Waals surface area contributed by atoms with Crippen molar-refractivity contribution in [1.29, 1.82) is 0 Å². The number of pyridine rings is 2. The molecule has 3 aliphatic heterocycles. The third-order valence-corrected chi connectivity index (χ3v) is 7.73. The summed E-state index contributed by atoms with van der Waals surface area (Å²) in [5.41, 5.74) is 7.35. The third kappa shape index (κ3) is 2.35. The lowest BCUT2D eigenvalue weighted by Gasteiger charge is -2.30. The highest BCUT2D eigenvalue weighted by molar-refractivity contribution is 5.72. The molecule has 6 heteroatoms. The number of rotatable bonds is 2. The van der Waals surface area contributed by atoms with Crippen molar-refractivity contribution in [1.82, 2.24) is 9.78 Å². The van der Waals surface area contributed by atoms with Crippen LogP contribution in [0.15, 0.2) is 121 Å². The van der Waals surface area contributed by atoms with Gasteiger partial charge in [-0.1, -0.05) is 69.8 Å². The maximum atomic E-state index is 6.42. The quantitative estimate of drug-likeness (QED) is 0.289. The molecule has 6 heterocycles. The van der Waals surface area contributed by atoms with Crippen molar-refractivity contribution in [2.24, 2.45) is 0 Å². The Morgan fingerprint density at radius 3 is 2.16 bits per heavy atom. The van der Waals surface area contributed by atoms with E-state index in [-0.39, 0.29) is 0 Å². The van der Waals surface area contributed by atoms with E-state index in [9.17, 15) is 0 Å². The Morgan fingerprint density at radius 1 is 0.632 bits per heavy atom. The Hall–Kier alpha value is -5.23. The second-order valence-corrected chi connectivity index (χ2v) is 9.73. The summed E-state index contributed by atoms with van der Waals surface area (Å²) in [4.78, 5) is 0. The van der Waals surface area contributed by atoms with Crippen molar-refractivity contribution in [3.8, 4) is 57.0 Å². The minimum Gasteiger partial charge on any atom is -0.404 e. The number of hydrogen-bond acceptors (Lipinski definition) is 3. The second-order valence-electron chi connectivity index (χ2n) is 9.73. The Bertz CT molecular complexity index is 1910. The molecule has 3 aromatic carbocycles. The molecule has 1 spiro atoms. The van der Waals surface area contributed by atoms with Gasteiger partial charge < -0.3 is 9.47 Å². The van der Waals surface area contributed by atoms with Gasteiger partial charge in [0.1, 0.15) is 5.69 Å². The molecule has 0 saturated heterocycles. The molecule has 38 heavy (non-hydrogen) atoms. The molecule has 6 nitrogen and oxygen atoms in total. The van der Waals surface area contributed by atoms with Crippen LogP contribution in [0.1, 0.15) is 5.56 Å². The summed E-state index contributed by atoms with van der Waals surface area (Å²) in [6.07, 6.45) is 2.05. The molecular weight excluding hydrogens is 472 g/mol. The van der Waals surface area contributed by atoms with E-state index in [1.54, 1.807) is 0 Å². The minimum atomic E-state index is -0.831. The van der Waals surface area contributed by atoms with Crippen LogP contribution in [0.25, 0.3) is 33.8 Å². The summed E-state index contributed by atoms with van der Waals surface area (Å²) < 4.78 is 19.3. The van der Waals surface area contributed by atoms with Crippen molar-refractivity contribution in [3.63, 3.8) is 0 Å². The van der Waals surface area contributed by atoms with Gasteiger partial charge in [0.15, 0.2) is 17.7 Å². The van der Waals surface area contributed by atoms with E-state index in [0.717, 1.165) is 51.5 Å². The molecule has 3 aromatic heterocycles. The molecule has 0 saturated carbocycles. The highest BCUT2D eigenvalue weighted by atomic mass is 16.5. The highest BCUT2D eigenvalue weighted by Gasteiger charge is 2.71. The molecule has 6 aromatic rings. The molecular formula is C32H20N4O2+2. The first kappa shape index (κ1) is 19.9. The van der Waals surface area contributed by atoms with E-state index in [0.29, 0.717) is 0 Å². The number of ether oxygens (including phenoxy) is 2.